The summed E-state index contributed by atoms with van der Waals surface area (Å²) in [6.45, 7) is 4.94. The predicted octanol–water partition coefficient (Wildman–Crippen LogP) is 8.01. The average molecular weight is 579 g/mol. The Kier molecular flexibility index (Phi) is 14.3. The molecule has 0 saturated carbocycles. The van der Waals surface area contributed by atoms with Crippen molar-refractivity contribution in [2.24, 2.45) is 0 Å². The molecule has 0 fully saturated rings. The van der Waals surface area contributed by atoms with Crippen LogP contribution in [0.4, 0.5) is 4.39 Å². The lowest BCUT2D eigenvalue weighted by molar-refractivity contribution is -0.141. The summed E-state index contributed by atoms with van der Waals surface area (Å²) < 4.78 is 19.3. The van der Waals surface area contributed by atoms with Crippen molar-refractivity contribution in [3.05, 3.63) is 82.0 Å². The van der Waals surface area contributed by atoms with E-state index in [1.54, 1.807) is 46.2 Å². The van der Waals surface area contributed by atoms with E-state index in [0.29, 0.717) is 29.5 Å². The second-order valence-corrected chi connectivity index (χ2v) is 11.2. The Morgan fingerprint density at radius 2 is 1.38 bits per heavy atom. The Morgan fingerprint density at radius 3 is 2.07 bits per heavy atom. The number of amides is 2. The van der Waals surface area contributed by atoms with E-state index in [1.165, 1.54) is 56.9 Å². The summed E-state index contributed by atoms with van der Waals surface area (Å²) in [5.74, 6) is -0.630. The van der Waals surface area contributed by atoms with Gasteiger partial charge in [-0.2, -0.15) is 0 Å². The highest BCUT2D eigenvalue weighted by molar-refractivity contribution is 5.85. The zero-order valence-corrected chi connectivity index (χ0v) is 25.4. The van der Waals surface area contributed by atoms with E-state index in [4.69, 9.17) is 4.42 Å². The van der Waals surface area contributed by atoms with Crippen molar-refractivity contribution in [3.63, 3.8) is 0 Å². The topological polar surface area (TPSA) is 70.8 Å². The molecule has 42 heavy (non-hydrogen) atoms. The first-order chi connectivity index (χ1) is 20.4. The fourth-order valence-corrected chi connectivity index (χ4v) is 5.12. The maximum absolute atomic E-state index is 13.7. The molecule has 0 saturated heterocycles. The molecule has 0 radical (unpaired) electrons. The van der Waals surface area contributed by atoms with Gasteiger partial charge in [0.15, 0.2) is 5.43 Å². The van der Waals surface area contributed by atoms with Gasteiger partial charge in [-0.15, -0.1) is 0 Å². The number of para-hydroxylation sites is 1. The van der Waals surface area contributed by atoms with E-state index >= 15 is 0 Å². The summed E-state index contributed by atoms with van der Waals surface area (Å²) in [4.78, 5) is 43.4. The third-order valence-corrected chi connectivity index (χ3v) is 7.71. The van der Waals surface area contributed by atoms with Gasteiger partial charge >= 0.3 is 0 Å². The molecule has 2 aromatic carbocycles. The van der Waals surface area contributed by atoms with E-state index in [2.05, 4.69) is 13.8 Å². The number of unbranched alkanes of at least 4 members (excludes halogenated alkanes) is 9. The van der Waals surface area contributed by atoms with E-state index in [0.717, 1.165) is 37.7 Å². The quantitative estimate of drug-likeness (QED) is 0.135. The number of rotatable bonds is 19. The lowest BCUT2D eigenvalue weighted by Crippen LogP contribution is -2.43. The van der Waals surface area contributed by atoms with Crippen molar-refractivity contribution in [1.82, 2.24) is 9.80 Å². The first-order valence-electron chi connectivity index (χ1n) is 15.7. The van der Waals surface area contributed by atoms with Crippen LogP contribution in [0.2, 0.25) is 0 Å². The number of carbonyl (C=O) groups is 2. The Bertz CT molecular complexity index is 1300. The SMILES string of the molecule is CCCCCCCCCCCC(=O)N(CCCC)CC(=O)N(Cc1ccc(F)cc1)Cc1coc2ccccc2c1=O. The van der Waals surface area contributed by atoms with Gasteiger partial charge in [0.05, 0.1) is 30.3 Å². The molecular formula is C35H47FN2O4. The van der Waals surface area contributed by atoms with Crippen LogP contribution in [-0.4, -0.2) is 34.7 Å². The number of hydrogen-bond acceptors (Lipinski definition) is 4. The van der Waals surface area contributed by atoms with Crippen LogP contribution in [0.3, 0.4) is 0 Å². The molecule has 0 aliphatic heterocycles. The maximum Gasteiger partial charge on any atom is 0.242 e. The van der Waals surface area contributed by atoms with Crippen LogP contribution in [0.15, 0.2) is 64.0 Å². The van der Waals surface area contributed by atoms with Crippen LogP contribution >= 0.6 is 0 Å². The Labute approximate surface area is 249 Å². The second kappa shape index (κ2) is 18.1. The van der Waals surface area contributed by atoms with Crippen LogP contribution < -0.4 is 5.43 Å². The number of hydrogen-bond donors (Lipinski definition) is 0. The van der Waals surface area contributed by atoms with E-state index in [1.807, 2.05) is 0 Å². The standard InChI is InChI=1S/C35H47FN2O4/c1-3-5-7-8-9-10-11-12-13-18-33(39)37(23-6-4-2)26-34(40)38(24-28-19-21-30(36)22-20-28)25-29-27-42-32-17-15-14-16-31(32)35(29)41/h14-17,19-22,27H,3-13,18,23-26H2,1-2H3. The summed E-state index contributed by atoms with van der Waals surface area (Å²) in [6, 6.07) is 13.0. The van der Waals surface area contributed by atoms with Gasteiger partial charge in [-0.25, -0.2) is 4.39 Å². The molecule has 1 heterocycles. The summed E-state index contributed by atoms with van der Waals surface area (Å²) >= 11 is 0. The Balaban J connectivity index is 1.67. The number of benzene rings is 2. The zero-order valence-electron chi connectivity index (χ0n) is 25.4. The molecule has 0 aliphatic carbocycles. The average Bonchev–Trinajstić information content (AvgIpc) is 3.00. The first-order valence-corrected chi connectivity index (χ1v) is 15.7. The van der Waals surface area contributed by atoms with Gasteiger partial charge in [0.1, 0.15) is 11.4 Å². The van der Waals surface area contributed by atoms with Crippen LogP contribution in [0.5, 0.6) is 0 Å². The van der Waals surface area contributed by atoms with Gasteiger partial charge in [0.25, 0.3) is 0 Å². The van der Waals surface area contributed by atoms with Crippen molar-refractivity contribution in [2.75, 3.05) is 13.1 Å². The fourth-order valence-electron chi connectivity index (χ4n) is 5.12. The monoisotopic (exact) mass is 578 g/mol. The molecule has 1 aromatic heterocycles. The minimum atomic E-state index is -0.361. The van der Waals surface area contributed by atoms with Crippen LogP contribution in [0.1, 0.15) is 102 Å². The van der Waals surface area contributed by atoms with Crippen LogP contribution in [-0.2, 0) is 22.7 Å². The van der Waals surface area contributed by atoms with Crippen molar-refractivity contribution in [3.8, 4) is 0 Å². The summed E-state index contributed by atoms with van der Waals surface area (Å²) in [5, 5.41) is 0.449. The molecule has 0 unspecified atom stereocenters. The van der Waals surface area contributed by atoms with Crippen molar-refractivity contribution in [1.29, 1.82) is 0 Å². The minimum Gasteiger partial charge on any atom is -0.464 e. The molecule has 0 N–H and O–H groups in total. The van der Waals surface area contributed by atoms with Gasteiger partial charge in [0, 0.05) is 19.5 Å². The maximum atomic E-state index is 13.7. The lowest BCUT2D eigenvalue weighted by Gasteiger charge is -2.28. The predicted molar refractivity (Wildman–Crippen MR) is 166 cm³/mol. The molecule has 0 atom stereocenters. The highest BCUT2D eigenvalue weighted by Crippen LogP contribution is 2.16. The fraction of sp³-hybridized carbons (Fsp3) is 0.514. The summed E-state index contributed by atoms with van der Waals surface area (Å²) in [7, 11) is 0. The first kappa shape index (κ1) is 33.0. The van der Waals surface area contributed by atoms with Crippen molar-refractivity contribution >= 4 is 22.8 Å². The summed E-state index contributed by atoms with van der Waals surface area (Å²) in [5.41, 5.74) is 1.37. The highest BCUT2D eigenvalue weighted by Gasteiger charge is 2.23. The van der Waals surface area contributed by atoms with Gasteiger partial charge in [0.2, 0.25) is 11.8 Å². The molecule has 2 amide bonds. The molecule has 7 heteroatoms. The van der Waals surface area contributed by atoms with E-state index < -0.39 is 0 Å². The van der Waals surface area contributed by atoms with Gasteiger partial charge in [-0.1, -0.05) is 95.9 Å². The third kappa shape index (κ3) is 10.7. The molecule has 0 spiro atoms. The minimum absolute atomic E-state index is 0.00769. The normalized spacial score (nSPS) is 11.1. The van der Waals surface area contributed by atoms with Gasteiger partial charge in [-0.3, -0.25) is 14.4 Å². The van der Waals surface area contributed by atoms with Crippen LogP contribution in [0, 0.1) is 5.82 Å². The molecule has 3 rings (SSSR count). The van der Waals surface area contributed by atoms with Gasteiger partial charge in [-0.05, 0) is 42.7 Å². The van der Waals surface area contributed by atoms with E-state index in [-0.39, 0.29) is 42.7 Å². The molecular weight excluding hydrogens is 531 g/mol. The molecule has 6 nitrogen and oxygen atoms in total. The number of fused-ring (bicyclic) bond motifs is 1. The highest BCUT2D eigenvalue weighted by atomic mass is 19.1. The summed E-state index contributed by atoms with van der Waals surface area (Å²) in [6.07, 6.45) is 14.1. The second-order valence-electron chi connectivity index (χ2n) is 11.2. The Hall–Kier alpha value is -3.48. The number of nitrogens with zero attached hydrogens (tertiary/aromatic N) is 2. The molecule has 3 aromatic rings. The molecule has 0 aliphatic rings. The number of carbonyl (C=O) groups excluding carboxylic acids is 2. The third-order valence-electron chi connectivity index (χ3n) is 7.71. The molecule has 0 bridgehead atoms. The lowest BCUT2D eigenvalue weighted by atomic mass is 10.1. The largest absolute Gasteiger partial charge is 0.464 e. The molecule has 228 valence electrons. The van der Waals surface area contributed by atoms with Crippen molar-refractivity contribution in [2.45, 2.75) is 104 Å². The zero-order chi connectivity index (χ0) is 30.2. The van der Waals surface area contributed by atoms with Gasteiger partial charge < -0.3 is 14.2 Å². The van der Waals surface area contributed by atoms with Crippen molar-refractivity contribution < 1.29 is 18.4 Å². The Morgan fingerprint density at radius 1 is 0.738 bits per heavy atom. The number of halogens is 1. The van der Waals surface area contributed by atoms with Crippen LogP contribution in [0.25, 0.3) is 11.0 Å². The van der Waals surface area contributed by atoms with E-state index in [9.17, 15) is 18.8 Å². The smallest absolute Gasteiger partial charge is 0.242 e.